The minimum atomic E-state index is -4.65. The van der Waals surface area contributed by atoms with Crippen LogP contribution in [-0.2, 0) is 38.8 Å². The monoisotopic (exact) mass is 651 g/mol. The molecule has 0 unspecified atom stereocenters. The smallest absolute Gasteiger partial charge is 0.352 e. The second-order valence-corrected chi connectivity index (χ2v) is 12.9. The number of amides is 2. The van der Waals surface area contributed by atoms with Crippen molar-refractivity contribution in [2.45, 2.75) is 64.3 Å². The van der Waals surface area contributed by atoms with E-state index in [4.69, 9.17) is 11.6 Å². The Balaban J connectivity index is 1.91. The lowest BCUT2D eigenvalue weighted by atomic mass is 10.0. The number of benzene rings is 3. The lowest BCUT2D eigenvalue weighted by Gasteiger charge is -2.33. The van der Waals surface area contributed by atoms with E-state index in [0.29, 0.717) is 17.0 Å². The lowest BCUT2D eigenvalue weighted by molar-refractivity contribution is -0.141. The van der Waals surface area contributed by atoms with Crippen molar-refractivity contribution in [2.75, 3.05) is 17.1 Å². The van der Waals surface area contributed by atoms with Gasteiger partial charge in [0.1, 0.15) is 6.04 Å². The number of alkyl halides is 3. The van der Waals surface area contributed by atoms with Gasteiger partial charge in [0.25, 0.3) is 0 Å². The third kappa shape index (κ3) is 9.99. The van der Waals surface area contributed by atoms with Crippen molar-refractivity contribution in [3.05, 3.63) is 101 Å². The summed E-state index contributed by atoms with van der Waals surface area (Å²) < 4.78 is 66.0. The van der Waals surface area contributed by atoms with Crippen molar-refractivity contribution in [2.24, 2.45) is 0 Å². The Kier molecular flexibility index (Phi) is 12.2. The van der Waals surface area contributed by atoms with Gasteiger partial charge in [0.15, 0.2) is 0 Å². The highest BCUT2D eigenvalue weighted by Crippen LogP contribution is 2.32. The predicted molar refractivity (Wildman–Crippen MR) is 167 cm³/mol. The Morgan fingerprint density at radius 3 is 2.25 bits per heavy atom. The molecule has 2 atom stereocenters. The third-order valence-corrected chi connectivity index (χ3v) is 8.75. The van der Waals surface area contributed by atoms with Gasteiger partial charge in [-0.15, -0.1) is 0 Å². The van der Waals surface area contributed by atoms with E-state index in [1.54, 1.807) is 24.3 Å². The number of halogens is 4. The number of rotatable bonds is 14. The predicted octanol–water partition coefficient (Wildman–Crippen LogP) is 6.46. The van der Waals surface area contributed by atoms with Crippen molar-refractivity contribution in [1.29, 1.82) is 0 Å². The molecule has 2 amide bonds. The number of nitrogens with zero attached hydrogens (tertiary/aromatic N) is 2. The van der Waals surface area contributed by atoms with Crippen molar-refractivity contribution < 1.29 is 31.2 Å². The summed E-state index contributed by atoms with van der Waals surface area (Å²) in [7, 11) is -3.98. The molecular formula is C32H37ClF3N3O4S. The highest BCUT2D eigenvalue weighted by molar-refractivity contribution is 7.92. The van der Waals surface area contributed by atoms with E-state index < -0.39 is 33.7 Å². The summed E-state index contributed by atoms with van der Waals surface area (Å²) in [4.78, 5) is 29.0. The van der Waals surface area contributed by atoms with Crippen LogP contribution in [0.2, 0.25) is 5.02 Å². The number of hydrogen-bond acceptors (Lipinski definition) is 4. The summed E-state index contributed by atoms with van der Waals surface area (Å²) in [6.07, 6.45) is -3.03. The Bertz CT molecular complexity index is 1520. The van der Waals surface area contributed by atoms with E-state index in [1.165, 1.54) is 11.0 Å². The first-order valence-corrected chi connectivity index (χ1v) is 16.5. The maximum Gasteiger partial charge on any atom is 0.416 e. The van der Waals surface area contributed by atoms with Crippen LogP contribution in [0.4, 0.5) is 18.9 Å². The van der Waals surface area contributed by atoms with Gasteiger partial charge in [-0.3, -0.25) is 13.9 Å². The van der Waals surface area contributed by atoms with Gasteiger partial charge in [0, 0.05) is 37.0 Å². The maximum atomic E-state index is 13.9. The van der Waals surface area contributed by atoms with E-state index >= 15 is 0 Å². The van der Waals surface area contributed by atoms with Crippen molar-refractivity contribution in [3.63, 3.8) is 0 Å². The number of anilines is 1. The minimum absolute atomic E-state index is 0.00773. The Morgan fingerprint density at radius 1 is 0.977 bits per heavy atom. The van der Waals surface area contributed by atoms with Crippen LogP contribution >= 0.6 is 11.6 Å². The zero-order chi connectivity index (χ0) is 32.5. The summed E-state index contributed by atoms with van der Waals surface area (Å²) in [5.41, 5.74) is 0.319. The summed E-state index contributed by atoms with van der Waals surface area (Å²) >= 11 is 6.44. The molecule has 12 heteroatoms. The molecule has 3 aromatic rings. The number of hydrogen-bond donors (Lipinski definition) is 1. The largest absolute Gasteiger partial charge is 0.416 e. The average Bonchev–Trinajstić information content (AvgIpc) is 2.97. The van der Waals surface area contributed by atoms with Crippen LogP contribution in [0, 0.1) is 0 Å². The SMILES string of the molecule is CC[C@@H](C)NC(=O)[C@@H](Cc1ccccc1)N(Cc1ccccc1Cl)C(=O)CCCN(c1cccc(C(F)(F)F)c1)S(C)(=O)=O. The number of carbonyl (C=O) groups excluding carboxylic acids is 2. The first-order chi connectivity index (χ1) is 20.7. The Hall–Kier alpha value is -3.57. The summed E-state index contributed by atoms with van der Waals surface area (Å²) in [6.45, 7) is 3.58. The van der Waals surface area contributed by atoms with Crippen LogP contribution in [0.25, 0.3) is 0 Å². The second-order valence-electron chi connectivity index (χ2n) is 10.6. The highest BCUT2D eigenvalue weighted by atomic mass is 35.5. The van der Waals surface area contributed by atoms with E-state index in [9.17, 15) is 31.2 Å². The third-order valence-electron chi connectivity index (χ3n) is 7.18. The molecule has 0 spiro atoms. The lowest BCUT2D eigenvalue weighted by Crippen LogP contribution is -2.52. The number of carbonyl (C=O) groups is 2. The Morgan fingerprint density at radius 2 is 1.64 bits per heavy atom. The van der Waals surface area contributed by atoms with Crippen LogP contribution in [-0.4, -0.2) is 50.0 Å². The summed E-state index contributed by atoms with van der Waals surface area (Å²) in [5, 5.41) is 3.39. The van der Waals surface area contributed by atoms with Gasteiger partial charge in [0.2, 0.25) is 21.8 Å². The van der Waals surface area contributed by atoms with E-state index in [0.717, 1.165) is 34.3 Å². The van der Waals surface area contributed by atoms with Crippen LogP contribution < -0.4 is 9.62 Å². The van der Waals surface area contributed by atoms with Gasteiger partial charge >= 0.3 is 6.18 Å². The van der Waals surface area contributed by atoms with Gasteiger partial charge in [-0.2, -0.15) is 13.2 Å². The fourth-order valence-corrected chi connectivity index (χ4v) is 5.80. The molecule has 0 fully saturated rings. The molecule has 0 heterocycles. The molecule has 0 aromatic heterocycles. The molecule has 1 N–H and O–H groups in total. The fraction of sp³-hybridized carbons (Fsp3) is 0.375. The molecule has 3 aromatic carbocycles. The van der Waals surface area contributed by atoms with Crippen molar-refractivity contribution in [1.82, 2.24) is 10.2 Å². The molecule has 0 aliphatic rings. The first-order valence-electron chi connectivity index (χ1n) is 14.2. The molecule has 238 valence electrons. The summed E-state index contributed by atoms with van der Waals surface area (Å²) in [5.74, 6) is -0.770. The highest BCUT2D eigenvalue weighted by Gasteiger charge is 2.33. The molecule has 7 nitrogen and oxygen atoms in total. The van der Waals surface area contributed by atoms with Crippen LogP contribution in [0.15, 0.2) is 78.9 Å². The second kappa shape index (κ2) is 15.4. The molecule has 0 radical (unpaired) electrons. The zero-order valence-corrected chi connectivity index (χ0v) is 26.4. The van der Waals surface area contributed by atoms with E-state index in [1.807, 2.05) is 44.2 Å². The van der Waals surface area contributed by atoms with Crippen molar-refractivity contribution in [3.8, 4) is 0 Å². The first kappa shape index (κ1) is 34.9. The molecule has 0 saturated heterocycles. The van der Waals surface area contributed by atoms with E-state index in [-0.39, 0.29) is 50.0 Å². The average molecular weight is 652 g/mol. The Labute approximate surface area is 262 Å². The van der Waals surface area contributed by atoms with Gasteiger partial charge in [0.05, 0.1) is 17.5 Å². The standard InChI is InChI=1S/C32H37ClF3N3O4S/c1-4-23(2)37-31(41)29(20-24-12-6-5-7-13-24)38(22-25-14-8-9-17-28(25)33)30(40)18-11-19-39(44(3,42)43)27-16-10-15-26(21-27)32(34,35)36/h5-10,12-17,21,23,29H,4,11,18-20,22H2,1-3H3,(H,37,41)/t23-,29-/m1/s1. The topological polar surface area (TPSA) is 86.8 Å². The van der Waals surface area contributed by atoms with Crippen LogP contribution in [0.3, 0.4) is 0 Å². The molecular weight excluding hydrogens is 615 g/mol. The maximum absolute atomic E-state index is 13.9. The quantitative estimate of drug-likeness (QED) is 0.217. The molecule has 3 rings (SSSR count). The normalized spacial score (nSPS) is 13.2. The molecule has 0 aliphatic heterocycles. The van der Waals surface area contributed by atoms with Crippen LogP contribution in [0.5, 0.6) is 0 Å². The van der Waals surface area contributed by atoms with Gasteiger partial charge in [-0.1, -0.05) is 73.1 Å². The minimum Gasteiger partial charge on any atom is -0.352 e. The number of sulfonamides is 1. The molecule has 0 saturated carbocycles. The molecule has 0 aliphatic carbocycles. The number of nitrogens with one attached hydrogen (secondary N) is 1. The van der Waals surface area contributed by atoms with Gasteiger partial charge in [-0.25, -0.2) is 8.42 Å². The molecule has 0 bridgehead atoms. The van der Waals surface area contributed by atoms with Crippen molar-refractivity contribution >= 4 is 39.1 Å². The van der Waals surface area contributed by atoms with E-state index in [2.05, 4.69) is 5.32 Å². The zero-order valence-electron chi connectivity index (χ0n) is 24.9. The van der Waals surface area contributed by atoms with Gasteiger partial charge in [-0.05, 0) is 55.2 Å². The van der Waals surface area contributed by atoms with Gasteiger partial charge < -0.3 is 10.2 Å². The summed E-state index contributed by atoms with van der Waals surface area (Å²) in [6, 6.07) is 19.2. The fourth-order valence-electron chi connectivity index (χ4n) is 4.65. The molecule has 44 heavy (non-hydrogen) atoms. The van der Waals surface area contributed by atoms with Crippen LogP contribution in [0.1, 0.15) is 49.8 Å².